The van der Waals surface area contributed by atoms with Crippen molar-refractivity contribution in [3.8, 4) is 0 Å². The molecule has 0 amide bonds. The fourth-order valence-corrected chi connectivity index (χ4v) is 3.76. The van der Waals surface area contributed by atoms with Gasteiger partial charge in [-0.15, -0.1) is 0 Å². The molecule has 21 heavy (non-hydrogen) atoms. The molecule has 3 atom stereocenters. The second-order valence-corrected chi connectivity index (χ2v) is 6.38. The number of hydrogen-bond donors (Lipinski definition) is 1. The Morgan fingerprint density at radius 2 is 2.24 bits per heavy atom. The summed E-state index contributed by atoms with van der Waals surface area (Å²) in [6.45, 7) is 2.51. The number of rotatable bonds is 5. The van der Waals surface area contributed by atoms with Crippen LogP contribution >= 0.6 is 0 Å². The maximum Gasteiger partial charge on any atom is 0.0939 e. The zero-order chi connectivity index (χ0) is 14.5. The van der Waals surface area contributed by atoms with Crippen LogP contribution in [-0.4, -0.2) is 43.5 Å². The van der Waals surface area contributed by atoms with Gasteiger partial charge in [0, 0.05) is 38.1 Å². The number of ether oxygens (including phenoxy) is 2. The van der Waals surface area contributed by atoms with Crippen molar-refractivity contribution in [1.82, 2.24) is 10.3 Å². The number of pyridine rings is 1. The average molecular weight is 290 g/mol. The molecule has 2 saturated heterocycles. The van der Waals surface area contributed by atoms with Gasteiger partial charge < -0.3 is 14.8 Å². The molecule has 1 spiro atoms. The quantitative estimate of drug-likeness (QED) is 0.903. The summed E-state index contributed by atoms with van der Waals surface area (Å²) in [4.78, 5) is 4.08. The third-order valence-corrected chi connectivity index (χ3v) is 5.03. The summed E-state index contributed by atoms with van der Waals surface area (Å²) in [6.07, 6.45) is 9.38. The minimum absolute atomic E-state index is 0.00861. The van der Waals surface area contributed by atoms with Crippen LogP contribution in [0.15, 0.2) is 24.5 Å². The number of nitrogens with zero attached hydrogens (tertiary/aromatic N) is 1. The summed E-state index contributed by atoms with van der Waals surface area (Å²) in [5.74, 6) is 0.687. The van der Waals surface area contributed by atoms with Crippen molar-refractivity contribution in [1.29, 1.82) is 0 Å². The molecule has 4 heteroatoms. The van der Waals surface area contributed by atoms with Gasteiger partial charge in [-0.3, -0.25) is 4.98 Å². The molecular weight excluding hydrogens is 264 g/mol. The van der Waals surface area contributed by atoms with E-state index in [1.165, 1.54) is 12.0 Å². The normalized spacial score (nSPS) is 30.6. The van der Waals surface area contributed by atoms with Gasteiger partial charge in [-0.2, -0.15) is 0 Å². The molecule has 2 aliphatic rings. The van der Waals surface area contributed by atoms with Crippen LogP contribution in [-0.2, 0) is 15.9 Å². The molecule has 2 aliphatic heterocycles. The van der Waals surface area contributed by atoms with Gasteiger partial charge in [-0.25, -0.2) is 0 Å². The largest absolute Gasteiger partial charge is 0.378 e. The van der Waals surface area contributed by atoms with Crippen molar-refractivity contribution in [3.05, 3.63) is 30.1 Å². The van der Waals surface area contributed by atoms with Crippen LogP contribution < -0.4 is 5.32 Å². The monoisotopic (exact) mass is 290 g/mol. The lowest BCUT2D eigenvalue weighted by molar-refractivity contribution is -0.103. The Morgan fingerprint density at radius 3 is 2.95 bits per heavy atom. The molecule has 0 saturated carbocycles. The summed E-state index contributed by atoms with van der Waals surface area (Å²) in [7, 11) is 2.09. The van der Waals surface area contributed by atoms with E-state index in [-0.39, 0.29) is 5.60 Å². The Bertz CT molecular complexity index is 432. The van der Waals surface area contributed by atoms with E-state index in [9.17, 15) is 0 Å². The molecule has 0 aliphatic carbocycles. The predicted octanol–water partition coefficient (Wildman–Crippen LogP) is 2.19. The molecule has 1 N–H and O–H groups in total. The number of hydrogen-bond acceptors (Lipinski definition) is 4. The Balaban J connectivity index is 1.57. The maximum atomic E-state index is 6.05. The van der Waals surface area contributed by atoms with Crippen molar-refractivity contribution in [2.45, 2.75) is 43.7 Å². The highest BCUT2D eigenvalue weighted by molar-refractivity contribution is 5.10. The van der Waals surface area contributed by atoms with E-state index in [1.807, 2.05) is 12.4 Å². The SMILES string of the molecule is CNC(CCc1ccncc1)C1CCOC2(CCOC2)C1. The highest BCUT2D eigenvalue weighted by Crippen LogP contribution is 2.37. The predicted molar refractivity (Wildman–Crippen MR) is 82.2 cm³/mol. The van der Waals surface area contributed by atoms with E-state index in [2.05, 4.69) is 29.5 Å². The van der Waals surface area contributed by atoms with Gasteiger partial charge in [-0.05, 0) is 56.3 Å². The van der Waals surface area contributed by atoms with Crippen molar-refractivity contribution < 1.29 is 9.47 Å². The first-order valence-electron chi connectivity index (χ1n) is 8.09. The average Bonchev–Trinajstić information content (AvgIpc) is 2.97. The summed E-state index contributed by atoms with van der Waals surface area (Å²) in [5, 5.41) is 3.54. The second-order valence-electron chi connectivity index (χ2n) is 6.38. The van der Waals surface area contributed by atoms with Crippen LogP contribution in [0.25, 0.3) is 0 Å². The van der Waals surface area contributed by atoms with Crippen LogP contribution in [0.2, 0.25) is 0 Å². The van der Waals surface area contributed by atoms with Crippen LogP contribution in [0.5, 0.6) is 0 Å². The Labute approximate surface area is 127 Å². The van der Waals surface area contributed by atoms with Crippen molar-refractivity contribution >= 4 is 0 Å². The van der Waals surface area contributed by atoms with Gasteiger partial charge in [0.2, 0.25) is 0 Å². The smallest absolute Gasteiger partial charge is 0.0939 e. The van der Waals surface area contributed by atoms with E-state index in [0.717, 1.165) is 45.5 Å². The van der Waals surface area contributed by atoms with Gasteiger partial charge in [0.25, 0.3) is 0 Å². The van der Waals surface area contributed by atoms with Crippen molar-refractivity contribution in [3.63, 3.8) is 0 Å². The van der Waals surface area contributed by atoms with Crippen LogP contribution in [0.4, 0.5) is 0 Å². The van der Waals surface area contributed by atoms with Gasteiger partial charge >= 0.3 is 0 Å². The first-order valence-corrected chi connectivity index (χ1v) is 8.09. The molecule has 116 valence electrons. The Hall–Kier alpha value is -0.970. The number of aromatic nitrogens is 1. The molecule has 4 nitrogen and oxygen atoms in total. The summed E-state index contributed by atoms with van der Waals surface area (Å²) in [5.41, 5.74) is 1.38. The molecule has 0 radical (unpaired) electrons. The van der Waals surface area contributed by atoms with E-state index >= 15 is 0 Å². The zero-order valence-corrected chi connectivity index (χ0v) is 12.9. The van der Waals surface area contributed by atoms with Crippen molar-refractivity contribution in [2.75, 3.05) is 26.9 Å². The molecule has 2 fully saturated rings. The molecule has 0 bridgehead atoms. The molecule has 0 aromatic carbocycles. The van der Waals surface area contributed by atoms with E-state index in [1.54, 1.807) is 0 Å². The number of aryl methyl sites for hydroxylation is 1. The second kappa shape index (κ2) is 6.86. The van der Waals surface area contributed by atoms with Crippen molar-refractivity contribution in [2.24, 2.45) is 5.92 Å². The molecule has 1 aromatic heterocycles. The van der Waals surface area contributed by atoms with Gasteiger partial charge in [0.15, 0.2) is 0 Å². The van der Waals surface area contributed by atoms with Gasteiger partial charge in [-0.1, -0.05) is 0 Å². The Morgan fingerprint density at radius 1 is 1.38 bits per heavy atom. The molecular formula is C17H26N2O2. The minimum Gasteiger partial charge on any atom is -0.378 e. The standard InChI is InChI=1S/C17H26N2O2/c1-18-16(3-2-14-4-8-19-9-5-14)15-6-10-21-17(12-15)7-11-20-13-17/h4-5,8-9,15-16,18H,2-3,6-7,10-13H2,1H3. The van der Waals surface area contributed by atoms with E-state index in [4.69, 9.17) is 9.47 Å². The molecule has 3 heterocycles. The zero-order valence-electron chi connectivity index (χ0n) is 12.9. The highest BCUT2D eigenvalue weighted by Gasteiger charge is 2.42. The molecule has 3 unspecified atom stereocenters. The minimum atomic E-state index is 0.00861. The van der Waals surface area contributed by atoms with Crippen LogP contribution in [0.3, 0.4) is 0 Å². The summed E-state index contributed by atoms with van der Waals surface area (Å²) >= 11 is 0. The third-order valence-electron chi connectivity index (χ3n) is 5.03. The molecule has 1 aromatic rings. The topological polar surface area (TPSA) is 43.4 Å². The third kappa shape index (κ3) is 3.62. The van der Waals surface area contributed by atoms with E-state index < -0.39 is 0 Å². The maximum absolute atomic E-state index is 6.05. The van der Waals surface area contributed by atoms with Gasteiger partial charge in [0.1, 0.15) is 0 Å². The first-order chi connectivity index (χ1) is 10.3. The lowest BCUT2D eigenvalue weighted by Crippen LogP contribution is -2.46. The number of nitrogens with one attached hydrogen (secondary N) is 1. The molecule has 3 rings (SSSR count). The first kappa shape index (κ1) is 14.9. The fraction of sp³-hybridized carbons (Fsp3) is 0.706. The highest BCUT2D eigenvalue weighted by atomic mass is 16.6. The van der Waals surface area contributed by atoms with Gasteiger partial charge in [0.05, 0.1) is 12.2 Å². The van der Waals surface area contributed by atoms with Crippen LogP contribution in [0, 0.1) is 5.92 Å². The van der Waals surface area contributed by atoms with E-state index in [0.29, 0.717) is 12.0 Å². The summed E-state index contributed by atoms with van der Waals surface area (Å²) < 4.78 is 11.6. The lowest BCUT2D eigenvalue weighted by Gasteiger charge is -2.40. The lowest BCUT2D eigenvalue weighted by atomic mass is 9.79. The fourth-order valence-electron chi connectivity index (χ4n) is 3.76. The Kier molecular flexibility index (Phi) is 4.88. The summed E-state index contributed by atoms with van der Waals surface area (Å²) in [6, 6.07) is 4.78. The van der Waals surface area contributed by atoms with Crippen LogP contribution in [0.1, 0.15) is 31.2 Å².